The van der Waals surface area contributed by atoms with Crippen molar-refractivity contribution in [3.63, 3.8) is 0 Å². The monoisotopic (exact) mass is 319 g/mol. The maximum atomic E-state index is 13.0. The summed E-state index contributed by atoms with van der Waals surface area (Å²) >= 11 is 0. The van der Waals surface area contributed by atoms with Gasteiger partial charge in [-0.15, -0.1) is 0 Å². The molecule has 0 bridgehead atoms. The fraction of sp³-hybridized carbons (Fsp3) is 1.00. The third-order valence-corrected chi connectivity index (χ3v) is 4.18. The molecule has 0 radical (unpaired) electrons. The molecule has 0 aliphatic heterocycles. The minimum Gasteiger partial charge on any atom is -0.313 e. The van der Waals surface area contributed by atoms with Crippen molar-refractivity contribution in [1.82, 2.24) is 5.32 Å². The smallest absolute Gasteiger partial charge is 0.313 e. The Balaban J connectivity index is 3.02. The van der Waals surface area contributed by atoms with E-state index < -0.39 is 30.2 Å². The van der Waals surface area contributed by atoms with E-state index in [1.165, 1.54) is 0 Å². The standard InChI is InChI=1S/C14H23F6N/c1-3-7-21-11(10-6-4-5-9(2)8-10)12(13(15,16)17)14(18,19)20/h9-12,21H,3-8H2,1-2H3. The fourth-order valence-electron chi connectivity index (χ4n) is 3.27. The molecule has 126 valence electrons. The molecule has 1 fully saturated rings. The van der Waals surface area contributed by atoms with Gasteiger partial charge in [0, 0.05) is 6.04 Å². The lowest BCUT2D eigenvalue weighted by atomic mass is 9.74. The van der Waals surface area contributed by atoms with Crippen molar-refractivity contribution in [2.24, 2.45) is 17.8 Å². The van der Waals surface area contributed by atoms with Gasteiger partial charge in [0.05, 0.1) is 0 Å². The predicted molar refractivity (Wildman–Crippen MR) is 68.8 cm³/mol. The average molecular weight is 319 g/mol. The number of alkyl halides is 6. The van der Waals surface area contributed by atoms with Crippen LogP contribution in [0.2, 0.25) is 0 Å². The first kappa shape index (κ1) is 18.6. The molecule has 0 aromatic rings. The van der Waals surface area contributed by atoms with Crippen molar-refractivity contribution in [3.05, 3.63) is 0 Å². The van der Waals surface area contributed by atoms with Crippen molar-refractivity contribution in [2.45, 2.75) is 64.3 Å². The molecule has 0 aromatic heterocycles. The summed E-state index contributed by atoms with van der Waals surface area (Å²) in [5, 5.41) is 2.53. The molecular formula is C14H23F6N. The molecule has 3 unspecified atom stereocenters. The molecule has 1 aliphatic rings. The number of halogens is 6. The van der Waals surface area contributed by atoms with Crippen LogP contribution in [-0.4, -0.2) is 24.9 Å². The van der Waals surface area contributed by atoms with Crippen LogP contribution in [0, 0.1) is 17.8 Å². The minimum atomic E-state index is -5.27. The summed E-state index contributed by atoms with van der Waals surface area (Å²) in [5.74, 6) is -3.68. The summed E-state index contributed by atoms with van der Waals surface area (Å²) in [5.41, 5.74) is 0. The lowest BCUT2D eigenvalue weighted by Crippen LogP contribution is -2.55. The van der Waals surface area contributed by atoms with Gasteiger partial charge in [0.2, 0.25) is 0 Å². The molecule has 1 saturated carbocycles. The lowest BCUT2D eigenvalue weighted by Gasteiger charge is -2.39. The second kappa shape index (κ2) is 7.20. The van der Waals surface area contributed by atoms with Crippen molar-refractivity contribution < 1.29 is 26.3 Å². The van der Waals surface area contributed by atoms with Gasteiger partial charge in [-0.2, -0.15) is 26.3 Å². The zero-order valence-corrected chi connectivity index (χ0v) is 12.3. The molecule has 0 saturated heterocycles. The van der Waals surface area contributed by atoms with Crippen LogP contribution in [-0.2, 0) is 0 Å². The van der Waals surface area contributed by atoms with E-state index in [2.05, 4.69) is 5.32 Å². The number of nitrogens with one attached hydrogen (secondary N) is 1. The molecule has 1 N–H and O–H groups in total. The molecular weight excluding hydrogens is 296 g/mol. The zero-order valence-electron chi connectivity index (χ0n) is 12.3. The van der Waals surface area contributed by atoms with Crippen LogP contribution < -0.4 is 5.32 Å². The van der Waals surface area contributed by atoms with Crippen molar-refractivity contribution >= 4 is 0 Å². The highest BCUT2D eigenvalue weighted by Crippen LogP contribution is 2.45. The minimum absolute atomic E-state index is 0.165. The Morgan fingerprint density at radius 2 is 1.62 bits per heavy atom. The first-order chi connectivity index (χ1) is 9.57. The molecule has 1 rings (SSSR count). The first-order valence-electron chi connectivity index (χ1n) is 7.44. The summed E-state index contributed by atoms with van der Waals surface area (Å²) in [7, 11) is 0. The molecule has 3 atom stereocenters. The maximum Gasteiger partial charge on any atom is 0.402 e. The first-order valence-corrected chi connectivity index (χ1v) is 7.44. The normalized spacial score (nSPS) is 26.1. The Morgan fingerprint density at radius 1 is 1.05 bits per heavy atom. The van der Waals surface area contributed by atoms with Gasteiger partial charge in [0.25, 0.3) is 0 Å². The van der Waals surface area contributed by atoms with Crippen LogP contribution in [0.15, 0.2) is 0 Å². The van der Waals surface area contributed by atoms with Crippen LogP contribution >= 0.6 is 0 Å². The van der Waals surface area contributed by atoms with Gasteiger partial charge in [-0.05, 0) is 37.6 Å². The summed E-state index contributed by atoms with van der Waals surface area (Å²) < 4.78 is 77.9. The molecule has 0 aromatic carbocycles. The molecule has 0 heterocycles. The highest BCUT2D eigenvalue weighted by molar-refractivity contribution is 4.93. The molecule has 1 aliphatic carbocycles. The molecule has 1 nitrogen and oxygen atoms in total. The van der Waals surface area contributed by atoms with Gasteiger partial charge in [-0.1, -0.05) is 26.7 Å². The molecule has 0 spiro atoms. The summed E-state index contributed by atoms with van der Waals surface area (Å²) in [6.45, 7) is 3.78. The van der Waals surface area contributed by atoms with Crippen molar-refractivity contribution in [3.8, 4) is 0 Å². The van der Waals surface area contributed by atoms with Gasteiger partial charge in [-0.3, -0.25) is 0 Å². The zero-order chi connectivity index (χ0) is 16.3. The number of hydrogen-bond acceptors (Lipinski definition) is 1. The Kier molecular flexibility index (Phi) is 6.37. The largest absolute Gasteiger partial charge is 0.402 e. The van der Waals surface area contributed by atoms with Crippen LogP contribution in [0.5, 0.6) is 0 Å². The molecule has 7 heteroatoms. The van der Waals surface area contributed by atoms with E-state index in [1.54, 1.807) is 6.92 Å². The van der Waals surface area contributed by atoms with Gasteiger partial charge < -0.3 is 5.32 Å². The Morgan fingerprint density at radius 3 is 2.05 bits per heavy atom. The van der Waals surface area contributed by atoms with Gasteiger partial charge in [0.1, 0.15) is 0 Å². The Bertz CT molecular complexity index is 298. The van der Waals surface area contributed by atoms with Crippen molar-refractivity contribution in [1.29, 1.82) is 0 Å². The van der Waals surface area contributed by atoms with E-state index in [0.717, 1.165) is 6.42 Å². The SMILES string of the molecule is CCCNC(C1CCCC(C)C1)C(C(F)(F)F)C(F)(F)F. The van der Waals surface area contributed by atoms with Crippen LogP contribution in [0.3, 0.4) is 0 Å². The highest BCUT2D eigenvalue weighted by Gasteiger charge is 2.61. The van der Waals surface area contributed by atoms with E-state index >= 15 is 0 Å². The average Bonchev–Trinajstić information content (AvgIpc) is 2.30. The van der Waals surface area contributed by atoms with Crippen LogP contribution in [0.4, 0.5) is 26.3 Å². The maximum absolute atomic E-state index is 13.0. The van der Waals surface area contributed by atoms with Gasteiger partial charge in [0.15, 0.2) is 5.92 Å². The van der Waals surface area contributed by atoms with E-state index in [9.17, 15) is 26.3 Å². The summed E-state index contributed by atoms with van der Waals surface area (Å²) in [6.07, 6.45) is -7.63. The van der Waals surface area contributed by atoms with Crippen molar-refractivity contribution in [2.75, 3.05) is 6.54 Å². The lowest BCUT2D eigenvalue weighted by molar-refractivity contribution is -0.295. The predicted octanol–water partition coefficient (Wildman–Crippen LogP) is 4.92. The second-order valence-electron chi connectivity index (χ2n) is 6.07. The third-order valence-electron chi connectivity index (χ3n) is 4.18. The second-order valence-corrected chi connectivity index (χ2v) is 6.07. The molecule has 21 heavy (non-hydrogen) atoms. The van der Waals surface area contributed by atoms with Gasteiger partial charge >= 0.3 is 12.4 Å². The fourth-order valence-corrected chi connectivity index (χ4v) is 3.27. The van der Waals surface area contributed by atoms with E-state index in [-0.39, 0.29) is 12.5 Å². The number of hydrogen-bond donors (Lipinski definition) is 1. The summed E-state index contributed by atoms with van der Waals surface area (Å²) in [6, 6.07) is -1.58. The van der Waals surface area contributed by atoms with E-state index in [4.69, 9.17) is 0 Å². The Labute approximate surface area is 121 Å². The van der Waals surface area contributed by atoms with Crippen LogP contribution in [0.1, 0.15) is 46.0 Å². The van der Waals surface area contributed by atoms with Gasteiger partial charge in [-0.25, -0.2) is 0 Å². The molecule has 0 amide bonds. The van der Waals surface area contributed by atoms with E-state index in [1.807, 2.05) is 6.92 Å². The summed E-state index contributed by atoms with van der Waals surface area (Å²) in [4.78, 5) is 0. The Hall–Kier alpha value is -0.460. The number of rotatable bonds is 5. The quantitative estimate of drug-likeness (QED) is 0.709. The van der Waals surface area contributed by atoms with Crippen LogP contribution in [0.25, 0.3) is 0 Å². The highest BCUT2D eigenvalue weighted by atomic mass is 19.4. The topological polar surface area (TPSA) is 12.0 Å². The third kappa shape index (κ3) is 5.34. The van der Waals surface area contributed by atoms with E-state index in [0.29, 0.717) is 25.7 Å².